The number of hydrogen-bond acceptors (Lipinski definition) is 6. The fourth-order valence-electron chi connectivity index (χ4n) is 2.00. The van der Waals surface area contributed by atoms with Crippen molar-refractivity contribution in [2.45, 2.75) is 26.7 Å². The van der Waals surface area contributed by atoms with Crippen LogP contribution in [0.4, 0.5) is 15.6 Å². The molecule has 0 aliphatic heterocycles. The molecule has 1 heterocycles. The number of thiazole rings is 1. The van der Waals surface area contributed by atoms with Gasteiger partial charge in [-0.15, -0.1) is 11.3 Å². The lowest BCUT2D eigenvalue weighted by atomic mass is 10.1. The molecule has 0 fully saturated rings. The second kappa shape index (κ2) is 8.88. The highest BCUT2D eigenvalue weighted by Crippen LogP contribution is 2.18. The van der Waals surface area contributed by atoms with E-state index in [4.69, 9.17) is 4.74 Å². The number of rotatable bonds is 7. The maximum atomic E-state index is 11.3. The molecule has 0 spiro atoms. The van der Waals surface area contributed by atoms with Gasteiger partial charge in [0.05, 0.1) is 18.0 Å². The van der Waals surface area contributed by atoms with Crippen LogP contribution >= 0.6 is 11.3 Å². The number of amides is 2. The maximum Gasteiger partial charge on any atom is 0.425 e. The Morgan fingerprint density at radius 2 is 2.12 bits per heavy atom. The largest absolute Gasteiger partial charge is 0.449 e. The molecule has 2 rings (SSSR count). The summed E-state index contributed by atoms with van der Waals surface area (Å²) < 4.78 is 4.78. The SMILES string of the molecule is CCOC(=O)NNc1cccc(CCc2csc(NC(C)=O)n2)c1. The zero-order valence-electron chi connectivity index (χ0n) is 13.6. The van der Waals surface area contributed by atoms with E-state index >= 15 is 0 Å². The third kappa shape index (κ3) is 5.88. The molecule has 24 heavy (non-hydrogen) atoms. The number of carbonyl (C=O) groups excluding carboxylic acids is 2. The first-order chi connectivity index (χ1) is 11.6. The van der Waals surface area contributed by atoms with Crippen LogP contribution in [-0.2, 0) is 22.4 Å². The predicted molar refractivity (Wildman–Crippen MR) is 94.0 cm³/mol. The topological polar surface area (TPSA) is 92.4 Å². The Kier molecular flexibility index (Phi) is 6.56. The Hall–Kier alpha value is -2.61. The molecule has 8 heteroatoms. The van der Waals surface area contributed by atoms with Gasteiger partial charge in [-0.25, -0.2) is 15.2 Å². The lowest BCUT2D eigenvalue weighted by Crippen LogP contribution is -2.29. The van der Waals surface area contributed by atoms with Crippen LogP contribution in [-0.4, -0.2) is 23.6 Å². The first-order valence-electron chi connectivity index (χ1n) is 7.56. The van der Waals surface area contributed by atoms with Gasteiger partial charge in [0.15, 0.2) is 5.13 Å². The molecule has 3 N–H and O–H groups in total. The third-order valence-electron chi connectivity index (χ3n) is 3.02. The van der Waals surface area contributed by atoms with Crippen LogP contribution in [0.3, 0.4) is 0 Å². The van der Waals surface area contributed by atoms with Crippen molar-refractivity contribution >= 4 is 34.2 Å². The molecular weight excluding hydrogens is 328 g/mol. The highest BCUT2D eigenvalue weighted by atomic mass is 32.1. The molecule has 7 nitrogen and oxygen atoms in total. The molecule has 0 atom stereocenters. The molecule has 2 aromatic rings. The average molecular weight is 348 g/mol. The highest BCUT2D eigenvalue weighted by molar-refractivity contribution is 7.13. The first kappa shape index (κ1) is 17.7. The van der Waals surface area contributed by atoms with Crippen molar-refractivity contribution < 1.29 is 14.3 Å². The Morgan fingerprint density at radius 3 is 2.88 bits per heavy atom. The fourth-order valence-corrected chi connectivity index (χ4v) is 2.79. The summed E-state index contributed by atoms with van der Waals surface area (Å²) in [6.07, 6.45) is 1.05. The van der Waals surface area contributed by atoms with Gasteiger partial charge in [0.25, 0.3) is 0 Å². The van der Waals surface area contributed by atoms with E-state index in [-0.39, 0.29) is 5.91 Å². The lowest BCUT2D eigenvalue weighted by Gasteiger charge is -2.09. The number of aromatic nitrogens is 1. The number of aryl methyl sites for hydroxylation is 2. The Balaban J connectivity index is 1.86. The van der Waals surface area contributed by atoms with Crippen molar-refractivity contribution in [2.24, 2.45) is 0 Å². The zero-order chi connectivity index (χ0) is 17.4. The van der Waals surface area contributed by atoms with E-state index in [9.17, 15) is 9.59 Å². The molecule has 0 saturated carbocycles. The van der Waals surface area contributed by atoms with Gasteiger partial charge in [-0.3, -0.25) is 10.2 Å². The predicted octanol–water partition coefficient (Wildman–Crippen LogP) is 2.96. The number of benzene rings is 1. The van der Waals surface area contributed by atoms with Gasteiger partial charge in [-0.1, -0.05) is 12.1 Å². The number of hydrogen-bond donors (Lipinski definition) is 3. The minimum absolute atomic E-state index is 0.122. The molecule has 0 saturated heterocycles. The van der Waals surface area contributed by atoms with E-state index in [1.54, 1.807) is 6.92 Å². The second-order valence-electron chi connectivity index (χ2n) is 5.00. The molecule has 1 aromatic carbocycles. The van der Waals surface area contributed by atoms with Crippen LogP contribution in [0.15, 0.2) is 29.6 Å². The van der Waals surface area contributed by atoms with Gasteiger partial charge in [0.2, 0.25) is 5.91 Å². The highest BCUT2D eigenvalue weighted by Gasteiger charge is 2.05. The minimum Gasteiger partial charge on any atom is -0.449 e. The van der Waals surface area contributed by atoms with Crippen molar-refractivity contribution in [3.8, 4) is 0 Å². The van der Waals surface area contributed by atoms with Crippen LogP contribution in [0, 0.1) is 0 Å². The summed E-state index contributed by atoms with van der Waals surface area (Å²) in [5, 5.41) is 5.23. The van der Waals surface area contributed by atoms with Gasteiger partial charge >= 0.3 is 6.09 Å². The Labute approximate surface area is 144 Å². The summed E-state index contributed by atoms with van der Waals surface area (Å²) >= 11 is 1.42. The normalized spacial score (nSPS) is 10.1. The molecule has 2 amide bonds. The molecule has 0 unspecified atom stereocenters. The molecule has 0 aliphatic rings. The van der Waals surface area contributed by atoms with E-state index in [2.05, 4.69) is 21.2 Å². The third-order valence-corrected chi connectivity index (χ3v) is 3.82. The summed E-state index contributed by atoms with van der Waals surface area (Å²) in [7, 11) is 0. The van der Waals surface area contributed by atoms with Gasteiger partial charge < -0.3 is 10.1 Å². The quantitative estimate of drug-likeness (QED) is 0.669. The number of anilines is 2. The minimum atomic E-state index is -0.518. The number of ether oxygens (including phenoxy) is 1. The second-order valence-corrected chi connectivity index (χ2v) is 5.85. The van der Waals surface area contributed by atoms with Crippen molar-refractivity contribution in [2.75, 3.05) is 17.3 Å². The van der Waals surface area contributed by atoms with Gasteiger partial charge in [-0.05, 0) is 37.5 Å². The van der Waals surface area contributed by atoms with Crippen molar-refractivity contribution in [1.29, 1.82) is 0 Å². The molecule has 0 bridgehead atoms. The Morgan fingerprint density at radius 1 is 1.29 bits per heavy atom. The van der Waals surface area contributed by atoms with Crippen LogP contribution in [0.2, 0.25) is 0 Å². The summed E-state index contributed by atoms with van der Waals surface area (Å²) in [5.74, 6) is -0.122. The Bertz CT molecular complexity index is 702. The van der Waals surface area contributed by atoms with Crippen LogP contribution in [0.25, 0.3) is 0 Å². The summed E-state index contributed by atoms with van der Waals surface area (Å²) in [6.45, 7) is 3.53. The van der Waals surface area contributed by atoms with E-state index in [1.807, 2.05) is 29.6 Å². The first-order valence-corrected chi connectivity index (χ1v) is 8.44. The van der Waals surface area contributed by atoms with Crippen LogP contribution in [0.5, 0.6) is 0 Å². The van der Waals surface area contributed by atoms with Crippen LogP contribution in [0.1, 0.15) is 25.1 Å². The number of carbonyl (C=O) groups is 2. The standard InChI is InChI=1S/C16H20N4O3S/c1-3-23-16(22)20-19-13-6-4-5-12(9-13)7-8-14-10-24-15(18-14)17-11(2)21/h4-6,9-10,19H,3,7-8H2,1-2H3,(H,20,22)(H,17,18,21). The number of nitrogens with one attached hydrogen (secondary N) is 3. The molecular formula is C16H20N4O3S. The lowest BCUT2D eigenvalue weighted by molar-refractivity contribution is -0.114. The average Bonchev–Trinajstić information content (AvgIpc) is 2.98. The maximum absolute atomic E-state index is 11.3. The number of nitrogens with zero attached hydrogens (tertiary/aromatic N) is 1. The molecule has 0 radical (unpaired) electrons. The van der Waals surface area contributed by atoms with Gasteiger partial charge in [0, 0.05) is 12.3 Å². The monoisotopic (exact) mass is 348 g/mol. The summed E-state index contributed by atoms with van der Waals surface area (Å²) in [4.78, 5) is 26.6. The molecule has 0 aliphatic carbocycles. The number of hydrazine groups is 1. The van der Waals surface area contributed by atoms with Crippen molar-refractivity contribution in [1.82, 2.24) is 10.4 Å². The molecule has 1 aromatic heterocycles. The van der Waals surface area contributed by atoms with E-state index < -0.39 is 6.09 Å². The zero-order valence-corrected chi connectivity index (χ0v) is 14.4. The van der Waals surface area contributed by atoms with E-state index in [0.29, 0.717) is 11.7 Å². The summed E-state index contributed by atoms with van der Waals surface area (Å²) in [5.41, 5.74) is 8.09. The van der Waals surface area contributed by atoms with E-state index in [0.717, 1.165) is 29.8 Å². The smallest absolute Gasteiger partial charge is 0.425 e. The van der Waals surface area contributed by atoms with Crippen molar-refractivity contribution in [3.05, 3.63) is 40.9 Å². The van der Waals surface area contributed by atoms with E-state index in [1.165, 1.54) is 18.3 Å². The summed E-state index contributed by atoms with van der Waals surface area (Å²) in [6, 6.07) is 7.73. The van der Waals surface area contributed by atoms with Crippen LogP contribution < -0.4 is 16.2 Å². The van der Waals surface area contributed by atoms with Crippen molar-refractivity contribution in [3.63, 3.8) is 0 Å². The van der Waals surface area contributed by atoms with Gasteiger partial charge in [0.1, 0.15) is 0 Å². The molecule has 128 valence electrons. The van der Waals surface area contributed by atoms with Gasteiger partial charge in [-0.2, -0.15) is 0 Å². The fraction of sp³-hybridized carbons (Fsp3) is 0.312.